The standard InChI is InChI=1S/C14H20BNO3/c1-13(2)14(3,4)19-15(18-13)12-8-10(17)7-11(16-12)9-5-6-9/h7-9H,5-6H2,1-4H3,(H,16,17). The Morgan fingerprint density at radius 1 is 1.16 bits per heavy atom. The summed E-state index contributed by atoms with van der Waals surface area (Å²) in [6.45, 7) is 8.04. The third-order valence-electron chi connectivity index (χ3n) is 4.41. The minimum Gasteiger partial charge on any atom is -0.398 e. The minimum atomic E-state index is -0.489. The highest BCUT2D eigenvalue weighted by atomic mass is 16.7. The number of pyridine rings is 1. The molecule has 0 atom stereocenters. The molecule has 19 heavy (non-hydrogen) atoms. The summed E-state index contributed by atoms with van der Waals surface area (Å²) in [6, 6.07) is 3.26. The molecule has 5 heteroatoms. The van der Waals surface area contributed by atoms with Crippen LogP contribution in [0.5, 0.6) is 0 Å². The lowest BCUT2D eigenvalue weighted by Gasteiger charge is -2.32. The maximum Gasteiger partial charge on any atom is 0.512 e. The predicted octanol–water partition coefficient (Wildman–Crippen LogP) is 1.55. The highest BCUT2D eigenvalue weighted by Crippen LogP contribution is 2.39. The lowest BCUT2D eigenvalue weighted by Crippen LogP contribution is -2.41. The number of hydrogen-bond donors (Lipinski definition) is 1. The van der Waals surface area contributed by atoms with Gasteiger partial charge in [-0.05, 0) is 46.5 Å². The molecule has 3 rings (SSSR count). The molecule has 1 aliphatic heterocycles. The largest absolute Gasteiger partial charge is 0.512 e. The molecule has 0 radical (unpaired) electrons. The maximum absolute atomic E-state index is 11.8. The molecular formula is C14H20BNO3. The summed E-state index contributed by atoms with van der Waals surface area (Å²) >= 11 is 0. The van der Waals surface area contributed by atoms with Crippen molar-refractivity contribution in [3.8, 4) is 0 Å². The van der Waals surface area contributed by atoms with Crippen LogP contribution in [0.3, 0.4) is 0 Å². The molecule has 0 spiro atoms. The summed E-state index contributed by atoms with van der Waals surface area (Å²) in [4.78, 5) is 15.1. The van der Waals surface area contributed by atoms with Crippen molar-refractivity contribution in [2.24, 2.45) is 0 Å². The summed E-state index contributed by atoms with van der Waals surface area (Å²) < 4.78 is 11.9. The van der Waals surface area contributed by atoms with Crippen LogP contribution in [0.25, 0.3) is 0 Å². The van der Waals surface area contributed by atoms with Gasteiger partial charge in [-0.3, -0.25) is 4.79 Å². The molecule has 1 saturated heterocycles. The fourth-order valence-corrected chi connectivity index (χ4v) is 2.30. The fourth-order valence-electron chi connectivity index (χ4n) is 2.30. The van der Waals surface area contributed by atoms with Crippen molar-refractivity contribution >= 4 is 12.7 Å². The Morgan fingerprint density at radius 3 is 2.26 bits per heavy atom. The van der Waals surface area contributed by atoms with Gasteiger partial charge in [0, 0.05) is 23.4 Å². The highest BCUT2D eigenvalue weighted by Gasteiger charge is 2.52. The van der Waals surface area contributed by atoms with E-state index in [-0.39, 0.29) is 16.6 Å². The molecule has 1 saturated carbocycles. The molecule has 1 aromatic heterocycles. The van der Waals surface area contributed by atoms with Gasteiger partial charge in [0.2, 0.25) is 0 Å². The van der Waals surface area contributed by atoms with Crippen molar-refractivity contribution in [1.29, 1.82) is 0 Å². The number of aromatic amines is 1. The van der Waals surface area contributed by atoms with Gasteiger partial charge in [-0.15, -0.1) is 0 Å². The normalized spacial score (nSPS) is 24.7. The molecule has 0 amide bonds. The van der Waals surface area contributed by atoms with Crippen molar-refractivity contribution in [2.75, 3.05) is 0 Å². The lowest BCUT2D eigenvalue weighted by molar-refractivity contribution is 0.00578. The highest BCUT2D eigenvalue weighted by molar-refractivity contribution is 6.61. The van der Waals surface area contributed by atoms with Crippen molar-refractivity contribution in [3.63, 3.8) is 0 Å². The van der Waals surface area contributed by atoms with E-state index >= 15 is 0 Å². The number of H-pyrrole nitrogens is 1. The molecule has 102 valence electrons. The molecule has 1 aromatic rings. The van der Waals surface area contributed by atoms with Gasteiger partial charge in [-0.25, -0.2) is 0 Å². The predicted molar refractivity (Wildman–Crippen MR) is 74.8 cm³/mol. The van der Waals surface area contributed by atoms with Gasteiger partial charge in [0.1, 0.15) is 0 Å². The summed E-state index contributed by atoms with van der Waals surface area (Å²) in [5, 5.41) is 0. The van der Waals surface area contributed by atoms with E-state index in [1.54, 1.807) is 12.1 Å². The molecular weight excluding hydrogens is 241 g/mol. The van der Waals surface area contributed by atoms with Gasteiger partial charge in [0.15, 0.2) is 5.43 Å². The second-order valence-electron chi connectivity index (χ2n) is 6.59. The first-order valence-corrected chi connectivity index (χ1v) is 6.88. The Labute approximate surface area is 113 Å². The van der Waals surface area contributed by atoms with Crippen LogP contribution in [0.4, 0.5) is 0 Å². The minimum absolute atomic E-state index is 0.0189. The van der Waals surface area contributed by atoms with Crippen molar-refractivity contribution in [2.45, 2.75) is 57.7 Å². The van der Waals surface area contributed by atoms with Crippen LogP contribution in [0, 0.1) is 0 Å². The van der Waals surface area contributed by atoms with Gasteiger partial charge < -0.3 is 14.3 Å². The van der Waals surface area contributed by atoms with Gasteiger partial charge in [-0.2, -0.15) is 0 Å². The molecule has 1 N–H and O–H groups in total. The number of hydrogen-bond acceptors (Lipinski definition) is 3. The number of aromatic nitrogens is 1. The molecule has 2 aliphatic rings. The average Bonchev–Trinajstić information content (AvgIpc) is 3.06. The van der Waals surface area contributed by atoms with Gasteiger partial charge in [0.25, 0.3) is 0 Å². The Morgan fingerprint density at radius 2 is 1.74 bits per heavy atom. The lowest BCUT2D eigenvalue weighted by atomic mass is 9.84. The van der Waals surface area contributed by atoms with Crippen LogP contribution < -0.4 is 11.0 Å². The molecule has 2 fully saturated rings. The van der Waals surface area contributed by atoms with Crippen molar-refractivity contribution < 1.29 is 9.31 Å². The second kappa shape index (κ2) is 3.96. The first-order valence-electron chi connectivity index (χ1n) is 6.88. The molecule has 2 heterocycles. The molecule has 0 unspecified atom stereocenters. The smallest absolute Gasteiger partial charge is 0.398 e. The summed E-state index contributed by atoms with van der Waals surface area (Å²) in [5.74, 6) is 0.509. The van der Waals surface area contributed by atoms with Crippen LogP contribution in [0.1, 0.15) is 52.1 Å². The second-order valence-corrected chi connectivity index (χ2v) is 6.59. The topological polar surface area (TPSA) is 51.3 Å². The number of rotatable bonds is 2. The van der Waals surface area contributed by atoms with E-state index in [1.165, 1.54) is 0 Å². The SMILES string of the molecule is CC1(C)OB(c2cc(=O)cc(C3CC3)[nH]2)OC1(C)C. The van der Waals surface area contributed by atoms with E-state index in [0.717, 1.165) is 24.1 Å². The maximum atomic E-state index is 11.8. The van der Waals surface area contributed by atoms with Gasteiger partial charge >= 0.3 is 7.12 Å². The molecule has 1 aliphatic carbocycles. The quantitative estimate of drug-likeness (QED) is 0.822. The Hall–Kier alpha value is -1.07. The first-order chi connectivity index (χ1) is 8.78. The van der Waals surface area contributed by atoms with E-state index in [1.807, 2.05) is 27.7 Å². The van der Waals surface area contributed by atoms with E-state index in [4.69, 9.17) is 9.31 Å². The summed E-state index contributed by atoms with van der Waals surface area (Å²) in [5.41, 5.74) is 0.990. The van der Waals surface area contributed by atoms with Crippen LogP contribution in [-0.2, 0) is 9.31 Å². The Kier molecular flexibility index (Phi) is 2.70. The third-order valence-corrected chi connectivity index (χ3v) is 4.41. The molecule has 0 bridgehead atoms. The third kappa shape index (κ3) is 2.25. The Balaban J connectivity index is 1.93. The zero-order valence-corrected chi connectivity index (χ0v) is 11.9. The van der Waals surface area contributed by atoms with E-state index < -0.39 is 7.12 Å². The summed E-state index contributed by atoms with van der Waals surface area (Å²) in [6.07, 6.45) is 2.31. The van der Waals surface area contributed by atoms with Crippen molar-refractivity contribution in [1.82, 2.24) is 4.98 Å². The van der Waals surface area contributed by atoms with Gasteiger partial charge in [-0.1, -0.05) is 0 Å². The van der Waals surface area contributed by atoms with E-state index in [9.17, 15) is 4.79 Å². The van der Waals surface area contributed by atoms with Crippen LogP contribution in [0.2, 0.25) is 0 Å². The van der Waals surface area contributed by atoms with Crippen LogP contribution in [0.15, 0.2) is 16.9 Å². The fraction of sp³-hybridized carbons (Fsp3) is 0.643. The van der Waals surface area contributed by atoms with E-state index in [2.05, 4.69) is 4.98 Å². The van der Waals surface area contributed by atoms with Crippen molar-refractivity contribution in [3.05, 3.63) is 28.0 Å². The zero-order valence-electron chi connectivity index (χ0n) is 11.9. The monoisotopic (exact) mass is 261 g/mol. The molecule has 4 nitrogen and oxygen atoms in total. The first kappa shape index (κ1) is 12.9. The van der Waals surface area contributed by atoms with E-state index in [0.29, 0.717) is 5.92 Å². The molecule has 0 aromatic carbocycles. The Bertz CT molecular complexity index is 544. The zero-order chi connectivity index (χ0) is 13.8. The van der Waals surface area contributed by atoms with Crippen LogP contribution >= 0.6 is 0 Å². The number of nitrogens with one attached hydrogen (secondary N) is 1. The average molecular weight is 261 g/mol. The van der Waals surface area contributed by atoms with Crippen LogP contribution in [-0.4, -0.2) is 23.3 Å². The van der Waals surface area contributed by atoms with Gasteiger partial charge in [0.05, 0.1) is 11.2 Å². The summed E-state index contributed by atoms with van der Waals surface area (Å²) in [7, 11) is -0.489.